The van der Waals surface area contributed by atoms with Crippen LogP contribution in [0.25, 0.3) is 0 Å². The summed E-state index contributed by atoms with van der Waals surface area (Å²) in [5.41, 5.74) is -0.822. The van der Waals surface area contributed by atoms with E-state index in [-0.39, 0.29) is 11.5 Å². The van der Waals surface area contributed by atoms with Crippen LogP contribution in [0.3, 0.4) is 0 Å². The summed E-state index contributed by atoms with van der Waals surface area (Å²) in [6, 6.07) is 3.96. The minimum atomic E-state index is -5.12. The molecule has 0 radical (unpaired) electrons. The minimum Gasteiger partial charge on any atom is -0.500 e. The Kier molecular flexibility index (Phi) is 2.93. The molecule has 0 unspecified atom stereocenters. The molecular weight excluding hydrogens is 196 g/mol. The van der Waals surface area contributed by atoms with Crippen molar-refractivity contribution in [2.24, 2.45) is 0 Å². The fourth-order valence-electron chi connectivity index (χ4n) is 1.20. The lowest BCUT2D eigenvalue weighted by Crippen LogP contribution is -2.36. The van der Waals surface area contributed by atoms with Gasteiger partial charge in [0.05, 0.1) is 25.7 Å². The average Bonchev–Trinajstić information content (AvgIpc) is 2.15. The van der Waals surface area contributed by atoms with Crippen LogP contribution in [0.4, 0.5) is 12.9 Å². The van der Waals surface area contributed by atoms with Crippen molar-refractivity contribution in [1.82, 2.24) is 0 Å². The van der Waals surface area contributed by atoms with E-state index in [0.717, 1.165) is 0 Å². The van der Waals surface area contributed by atoms with E-state index in [1.807, 2.05) is 0 Å². The predicted molar refractivity (Wildman–Crippen MR) is 48.3 cm³/mol. The van der Waals surface area contributed by atoms with Gasteiger partial charge in [-0.15, -0.1) is 0 Å². The molecule has 0 aliphatic heterocycles. The number of ether oxygens (including phenoxy) is 2. The van der Waals surface area contributed by atoms with Crippen LogP contribution in [0.2, 0.25) is 0 Å². The van der Waals surface area contributed by atoms with Gasteiger partial charge in [-0.3, -0.25) is 0 Å². The molecule has 0 aromatic heterocycles. The Balaban J connectivity index is 3.34. The molecule has 1 aromatic carbocycles. The zero-order chi connectivity index (χ0) is 10.8. The molecule has 0 saturated heterocycles. The Labute approximate surface area is 79.7 Å². The van der Waals surface area contributed by atoms with Gasteiger partial charge >= 0.3 is 6.98 Å². The quantitative estimate of drug-likeness (QED) is 0.699. The highest BCUT2D eigenvalue weighted by Gasteiger charge is 2.32. The standard InChI is InChI=1S/C8H9BF3O2/c1-13-6-4-3-5-7(14-2)8(6)9(10,11)12/h3-5H,1-2H3/q-1. The van der Waals surface area contributed by atoms with Gasteiger partial charge in [-0.1, -0.05) is 6.07 Å². The van der Waals surface area contributed by atoms with Crippen molar-refractivity contribution in [3.05, 3.63) is 18.2 Å². The van der Waals surface area contributed by atoms with E-state index in [2.05, 4.69) is 9.47 Å². The largest absolute Gasteiger partial charge is 0.516 e. The van der Waals surface area contributed by atoms with Crippen molar-refractivity contribution in [3.63, 3.8) is 0 Å². The molecule has 14 heavy (non-hydrogen) atoms. The summed E-state index contributed by atoms with van der Waals surface area (Å²) < 4.78 is 47.0. The van der Waals surface area contributed by atoms with Gasteiger partial charge in [0.15, 0.2) is 0 Å². The van der Waals surface area contributed by atoms with E-state index in [0.29, 0.717) is 0 Å². The number of hydrogen-bond donors (Lipinski definition) is 0. The van der Waals surface area contributed by atoms with Crippen LogP contribution in [0.1, 0.15) is 0 Å². The van der Waals surface area contributed by atoms with Gasteiger partial charge in [0.25, 0.3) is 0 Å². The molecule has 0 N–H and O–H groups in total. The van der Waals surface area contributed by atoms with Crippen molar-refractivity contribution >= 4 is 12.4 Å². The lowest BCUT2D eigenvalue weighted by Gasteiger charge is -2.21. The van der Waals surface area contributed by atoms with E-state index in [1.165, 1.54) is 32.4 Å². The summed E-state index contributed by atoms with van der Waals surface area (Å²) in [5, 5.41) is 0. The molecule has 0 amide bonds. The maximum atomic E-state index is 12.6. The number of benzene rings is 1. The lowest BCUT2D eigenvalue weighted by atomic mass is 9.78. The van der Waals surface area contributed by atoms with Gasteiger partial charge in [-0.25, -0.2) is 0 Å². The Morgan fingerprint density at radius 3 is 1.71 bits per heavy atom. The molecule has 0 saturated carbocycles. The van der Waals surface area contributed by atoms with Crippen molar-refractivity contribution in [1.29, 1.82) is 0 Å². The summed E-state index contributed by atoms with van der Waals surface area (Å²) in [7, 11) is 2.39. The molecule has 78 valence electrons. The summed E-state index contributed by atoms with van der Waals surface area (Å²) in [5.74, 6) is -0.422. The molecular formula is C8H9BF3O2-. The summed E-state index contributed by atoms with van der Waals surface area (Å²) >= 11 is 0. The Bertz CT molecular complexity index is 303. The number of rotatable bonds is 3. The van der Waals surface area contributed by atoms with Gasteiger partial charge in [0.1, 0.15) is 0 Å². The van der Waals surface area contributed by atoms with E-state index in [1.54, 1.807) is 0 Å². The van der Waals surface area contributed by atoms with E-state index in [9.17, 15) is 12.9 Å². The maximum absolute atomic E-state index is 12.6. The van der Waals surface area contributed by atoms with Gasteiger partial charge in [0, 0.05) is 0 Å². The Hall–Kier alpha value is -1.33. The first-order valence-corrected chi connectivity index (χ1v) is 3.91. The molecule has 1 aromatic rings. The maximum Gasteiger partial charge on any atom is 0.516 e. The molecule has 0 spiro atoms. The molecule has 1 rings (SSSR count). The second-order valence-electron chi connectivity index (χ2n) is 2.65. The first-order valence-electron chi connectivity index (χ1n) is 3.91. The molecule has 0 heterocycles. The molecule has 0 atom stereocenters. The van der Waals surface area contributed by atoms with E-state index < -0.39 is 12.4 Å². The average molecular weight is 205 g/mol. The van der Waals surface area contributed by atoms with Crippen molar-refractivity contribution in [3.8, 4) is 11.5 Å². The van der Waals surface area contributed by atoms with Gasteiger partial charge < -0.3 is 22.4 Å². The zero-order valence-corrected chi connectivity index (χ0v) is 7.76. The highest BCUT2D eigenvalue weighted by molar-refractivity contribution is 6.75. The fourth-order valence-corrected chi connectivity index (χ4v) is 1.20. The molecule has 0 bridgehead atoms. The van der Waals surface area contributed by atoms with Crippen LogP contribution in [-0.4, -0.2) is 21.2 Å². The summed E-state index contributed by atoms with van der Waals surface area (Å²) in [6.45, 7) is -5.12. The van der Waals surface area contributed by atoms with Crippen LogP contribution in [0.5, 0.6) is 11.5 Å². The van der Waals surface area contributed by atoms with Crippen molar-refractivity contribution in [2.45, 2.75) is 0 Å². The van der Waals surface area contributed by atoms with Gasteiger partial charge in [-0.05, 0) is 17.6 Å². The molecule has 0 fully saturated rings. The van der Waals surface area contributed by atoms with Crippen LogP contribution in [-0.2, 0) is 0 Å². The predicted octanol–water partition coefficient (Wildman–Crippen LogP) is 1.76. The number of halogens is 3. The third kappa shape index (κ3) is 1.94. The van der Waals surface area contributed by atoms with Crippen LogP contribution in [0, 0.1) is 0 Å². The van der Waals surface area contributed by atoms with Gasteiger partial charge in [0.2, 0.25) is 0 Å². The molecule has 2 nitrogen and oxygen atoms in total. The zero-order valence-electron chi connectivity index (χ0n) is 7.76. The van der Waals surface area contributed by atoms with Gasteiger partial charge in [-0.2, -0.15) is 0 Å². The molecule has 0 aliphatic rings. The van der Waals surface area contributed by atoms with E-state index in [4.69, 9.17) is 0 Å². The van der Waals surface area contributed by atoms with E-state index >= 15 is 0 Å². The second-order valence-corrected chi connectivity index (χ2v) is 2.65. The monoisotopic (exact) mass is 205 g/mol. The first kappa shape index (κ1) is 10.8. The third-order valence-corrected chi connectivity index (χ3v) is 1.79. The fraction of sp³-hybridized carbons (Fsp3) is 0.250. The molecule has 0 aliphatic carbocycles. The van der Waals surface area contributed by atoms with Crippen LogP contribution < -0.4 is 14.9 Å². The SMILES string of the molecule is COc1cccc(OC)c1[B-](F)(F)F. The lowest BCUT2D eigenvalue weighted by molar-refractivity contribution is 0.392. The van der Waals surface area contributed by atoms with Crippen LogP contribution in [0.15, 0.2) is 18.2 Å². The summed E-state index contributed by atoms with van der Waals surface area (Å²) in [6.07, 6.45) is 0. The Morgan fingerprint density at radius 1 is 1.00 bits per heavy atom. The topological polar surface area (TPSA) is 18.5 Å². The molecule has 6 heteroatoms. The normalized spacial score (nSPS) is 11.2. The Morgan fingerprint density at radius 2 is 1.43 bits per heavy atom. The number of hydrogen-bond acceptors (Lipinski definition) is 2. The first-order chi connectivity index (χ1) is 6.50. The highest BCUT2D eigenvalue weighted by atomic mass is 19.4. The van der Waals surface area contributed by atoms with Crippen LogP contribution >= 0.6 is 0 Å². The highest BCUT2D eigenvalue weighted by Crippen LogP contribution is 2.24. The number of methoxy groups -OCH3 is 2. The second kappa shape index (κ2) is 3.81. The van der Waals surface area contributed by atoms with Crippen molar-refractivity contribution in [2.75, 3.05) is 14.2 Å². The smallest absolute Gasteiger partial charge is 0.500 e. The van der Waals surface area contributed by atoms with Crippen molar-refractivity contribution < 1.29 is 22.4 Å². The third-order valence-electron chi connectivity index (χ3n) is 1.79. The summed E-state index contributed by atoms with van der Waals surface area (Å²) in [4.78, 5) is 0. The minimum absolute atomic E-state index is 0.211.